The van der Waals surface area contributed by atoms with E-state index in [0.29, 0.717) is 75.3 Å². The van der Waals surface area contributed by atoms with Crippen LogP contribution < -0.4 is 20.9 Å². The van der Waals surface area contributed by atoms with Crippen LogP contribution in [-0.2, 0) is 35.4 Å². The third-order valence-corrected chi connectivity index (χ3v) is 9.31. The van der Waals surface area contributed by atoms with Gasteiger partial charge in [-0.3, -0.25) is 0 Å². The first-order valence-electron chi connectivity index (χ1n) is 18.3. The van der Waals surface area contributed by atoms with Gasteiger partial charge in [-0.2, -0.15) is 10.5 Å². The van der Waals surface area contributed by atoms with E-state index < -0.39 is 11.2 Å². The molecule has 2 aromatic rings. The average Bonchev–Trinajstić information content (AvgIpc) is 3.10. The van der Waals surface area contributed by atoms with Crippen LogP contribution in [0.1, 0.15) is 76.9 Å². The van der Waals surface area contributed by atoms with E-state index in [4.69, 9.17) is 54.8 Å². The van der Waals surface area contributed by atoms with Crippen LogP contribution in [0.3, 0.4) is 0 Å². The number of nitrogens with zero attached hydrogens (tertiary/aromatic N) is 9. The van der Waals surface area contributed by atoms with Gasteiger partial charge in [0.1, 0.15) is 22.2 Å². The van der Waals surface area contributed by atoms with Crippen LogP contribution in [0.5, 0.6) is 0 Å². The molecule has 2 fully saturated rings. The largest absolute Gasteiger partial charge is 0.444 e. The molecule has 0 aliphatic carbocycles. The molecule has 4 aliphatic heterocycles. The van der Waals surface area contributed by atoms with Crippen molar-refractivity contribution in [3.05, 3.63) is 38.2 Å². The Morgan fingerprint density at radius 2 is 1.27 bits per heavy atom. The van der Waals surface area contributed by atoms with Crippen molar-refractivity contribution in [1.29, 1.82) is 10.5 Å². The summed E-state index contributed by atoms with van der Waals surface area (Å²) < 4.78 is 10.8. The number of amides is 2. The second-order valence-electron chi connectivity index (χ2n) is 15.4. The Morgan fingerprint density at radius 3 is 1.82 bits per heavy atom. The normalized spacial score (nSPS) is 19.5. The fraction of sp³-hybridized carbons (Fsp3) is 0.667. The number of piperazine rings is 2. The number of rotatable bonds is 3. The zero-order valence-electron chi connectivity index (χ0n) is 32.3. The standard InChI is InChI=1S/C18H25ClN6O2.C12H15Cl2N3O2.C6H11N3/c1-18(2,3)27-17(26)25-8-5-13-14(11-25)22-16(19)23-15(13)24-9-7-21-12(10-24)4-6-20;1-12(2,3)19-11(18)17-5-4-7-8(6-17)15-10(14)16-9(7)13;7-2-1-6-5-8-3-4-9-6/h12,21H,4-5,7-11H2,1-3H3;4-6H2,1-3H3;6,8-9H,1,3-5H2. The van der Waals surface area contributed by atoms with E-state index in [0.717, 1.165) is 55.4 Å². The number of hydrogen-bond acceptors (Lipinski definition) is 14. The smallest absolute Gasteiger partial charge is 0.410 e. The monoisotopic (exact) mass is 820 g/mol. The summed E-state index contributed by atoms with van der Waals surface area (Å²) in [6.07, 6.45) is 1.61. The van der Waals surface area contributed by atoms with E-state index >= 15 is 0 Å². The predicted octanol–water partition coefficient (Wildman–Crippen LogP) is 4.65. The van der Waals surface area contributed by atoms with Crippen molar-refractivity contribution < 1.29 is 19.1 Å². The number of fused-ring (bicyclic) bond motifs is 2. The maximum Gasteiger partial charge on any atom is 0.410 e. The number of nitrogens with one attached hydrogen (secondary N) is 3. The van der Waals surface area contributed by atoms with Gasteiger partial charge in [0, 0.05) is 75.6 Å². The molecule has 2 unspecified atom stereocenters. The van der Waals surface area contributed by atoms with Crippen molar-refractivity contribution in [2.24, 2.45) is 0 Å². The summed E-state index contributed by atoms with van der Waals surface area (Å²) in [5.41, 5.74) is 2.27. The molecule has 3 N–H and O–H groups in total. The molecule has 16 nitrogen and oxygen atoms in total. The maximum absolute atomic E-state index is 12.4. The van der Waals surface area contributed by atoms with E-state index in [2.05, 4.69) is 52.9 Å². The number of ether oxygens (including phenoxy) is 2. The van der Waals surface area contributed by atoms with Crippen molar-refractivity contribution in [2.75, 3.05) is 57.3 Å². The van der Waals surface area contributed by atoms with E-state index in [-0.39, 0.29) is 28.8 Å². The summed E-state index contributed by atoms with van der Waals surface area (Å²) in [7, 11) is 0. The first-order valence-corrected chi connectivity index (χ1v) is 19.5. The van der Waals surface area contributed by atoms with Crippen LogP contribution in [0.15, 0.2) is 0 Å². The maximum atomic E-state index is 12.4. The van der Waals surface area contributed by atoms with Crippen molar-refractivity contribution in [2.45, 2.75) is 104 Å². The van der Waals surface area contributed by atoms with Crippen LogP contribution >= 0.6 is 34.8 Å². The van der Waals surface area contributed by atoms with Crippen molar-refractivity contribution in [3.8, 4) is 12.1 Å². The van der Waals surface area contributed by atoms with Crippen molar-refractivity contribution in [3.63, 3.8) is 0 Å². The lowest BCUT2D eigenvalue weighted by atomic mass is 10.0. The average molecular weight is 822 g/mol. The minimum atomic E-state index is -0.539. The van der Waals surface area contributed by atoms with Gasteiger partial charge in [-0.05, 0) is 77.6 Å². The van der Waals surface area contributed by atoms with E-state index in [1.54, 1.807) is 9.80 Å². The zero-order valence-corrected chi connectivity index (χ0v) is 34.6. The molecule has 0 saturated carbocycles. The quantitative estimate of drug-likeness (QED) is 0.286. The molecule has 2 amide bonds. The first-order chi connectivity index (χ1) is 26.0. The van der Waals surface area contributed by atoms with Crippen LogP contribution in [0, 0.1) is 22.7 Å². The highest BCUT2D eigenvalue weighted by atomic mass is 35.5. The number of aromatic nitrogens is 4. The van der Waals surface area contributed by atoms with Crippen LogP contribution in [-0.4, -0.2) is 118 Å². The summed E-state index contributed by atoms with van der Waals surface area (Å²) in [6, 6.07) is 4.83. The van der Waals surface area contributed by atoms with E-state index in [1.165, 1.54) is 0 Å². The minimum Gasteiger partial charge on any atom is -0.444 e. The van der Waals surface area contributed by atoms with Gasteiger partial charge in [0.15, 0.2) is 0 Å². The van der Waals surface area contributed by atoms with Crippen LogP contribution in [0.25, 0.3) is 0 Å². The SMILES string of the molecule is CC(C)(C)OC(=O)N1CCc2c(Cl)nc(Cl)nc2C1.CC(C)(C)OC(=O)N1CCc2c(nc(Cl)nc2N2CCNC(CC#N)C2)C1.N#CCC1CNCCN1. The molecule has 0 aromatic carbocycles. The van der Waals surface area contributed by atoms with Gasteiger partial charge in [-0.25, -0.2) is 29.5 Å². The third kappa shape index (κ3) is 13.7. The Labute approximate surface area is 338 Å². The Kier molecular flexibility index (Phi) is 15.9. The molecular formula is C36H51Cl3N12O4. The van der Waals surface area contributed by atoms with Crippen molar-refractivity contribution >= 4 is 52.8 Å². The van der Waals surface area contributed by atoms with Crippen LogP contribution in [0.4, 0.5) is 15.4 Å². The predicted molar refractivity (Wildman–Crippen MR) is 209 cm³/mol. The molecule has 0 spiro atoms. The molecule has 0 bridgehead atoms. The minimum absolute atomic E-state index is 0.0924. The topological polar surface area (TPSA) is 198 Å². The lowest BCUT2D eigenvalue weighted by Gasteiger charge is -2.37. The second-order valence-corrected chi connectivity index (χ2v) is 16.5. The second kappa shape index (κ2) is 19.9. The Morgan fingerprint density at radius 1 is 0.745 bits per heavy atom. The molecule has 2 saturated heterocycles. The van der Waals surface area contributed by atoms with Gasteiger partial charge in [-0.15, -0.1) is 0 Å². The number of carbonyl (C=O) groups is 2. The van der Waals surface area contributed by atoms with E-state index in [9.17, 15) is 9.59 Å². The number of halogens is 3. The summed E-state index contributed by atoms with van der Waals surface area (Å²) in [6.45, 7) is 18.1. The molecular weight excluding hydrogens is 771 g/mol. The summed E-state index contributed by atoms with van der Waals surface area (Å²) >= 11 is 18.0. The molecule has 55 heavy (non-hydrogen) atoms. The fourth-order valence-electron chi connectivity index (χ4n) is 6.20. The Bertz CT molecular complexity index is 1730. The molecule has 19 heteroatoms. The number of carbonyl (C=O) groups excluding carboxylic acids is 2. The molecule has 2 atom stereocenters. The first kappa shape index (κ1) is 44.0. The summed E-state index contributed by atoms with van der Waals surface area (Å²) in [4.78, 5) is 46.6. The highest BCUT2D eigenvalue weighted by Gasteiger charge is 2.32. The van der Waals surface area contributed by atoms with Gasteiger partial charge in [0.2, 0.25) is 10.6 Å². The van der Waals surface area contributed by atoms with Gasteiger partial charge >= 0.3 is 12.2 Å². The zero-order chi connectivity index (χ0) is 40.3. The summed E-state index contributed by atoms with van der Waals surface area (Å²) in [5.74, 6) is 0.818. The molecule has 300 valence electrons. The highest BCUT2D eigenvalue weighted by molar-refractivity contribution is 6.32. The Balaban J connectivity index is 0.000000207. The lowest BCUT2D eigenvalue weighted by molar-refractivity contribution is 0.0210. The van der Waals surface area contributed by atoms with Gasteiger partial charge in [0.25, 0.3) is 0 Å². The number of anilines is 1. The third-order valence-electron chi connectivity index (χ3n) is 8.66. The highest BCUT2D eigenvalue weighted by Crippen LogP contribution is 2.30. The fourth-order valence-corrected chi connectivity index (χ4v) is 6.89. The molecule has 4 aliphatic rings. The molecule has 6 rings (SSSR count). The Hall–Kier alpha value is -3.77. The van der Waals surface area contributed by atoms with Gasteiger partial charge < -0.3 is 40.1 Å². The number of nitriles is 2. The molecule has 6 heterocycles. The molecule has 2 aromatic heterocycles. The summed E-state index contributed by atoms with van der Waals surface area (Å²) in [5, 5.41) is 27.7. The van der Waals surface area contributed by atoms with Gasteiger partial charge in [0.05, 0.1) is 49.5 Å². The number of hydrogen-bond donors (Lipinski definition) is 3. The van der Waals surface area contributed by atoms with Crippen molar-refractivity contribution in [1.82, 2.24) is 45.7 Å². The van der Waals surface area contributed by atoms with Crippen LogP contribution in [0.2, 0.25) is 15.7 Å². The van der Waals surface area contributed by atoms with E-state index in [1.807, 2.05) is 41.5 Å². The molecule has 0 radical (unpaired) electrons. The lowest BCUT2D eigenvalue weighted by Crippen LogP contribution is -2.51. The van der Waals surface area contributed by atoms with Gasteiger partial charge in [-0.1, -0.05) is 11.6 Å².